The fourth-order valence-electron chi connectivity index (χ4n) is 5.91. The predicted molar refractivity (Wildman–Crippen MR) is 92.3 cm³/mol. The molecule has 5 fully saturated rings. The van der Waals surface area contributed by atoms with E-state index in [0.29, 0.717) is 0 Å². The molecule has 5 aliphatic carbocycles. The van der Waals surface area contributed by atoms with Gasteiger partial charge in [0.15, 0.2) is 0 Å². The van der Waals surface area contributed by atoms with E-state index in [4.69, 9.17) is 0 Å². The Morgan fingerprint density at radius 2 is 1.61 bits per heavy atom. The van der Waals surface area contributed by atoms with E-state index >= 15 is 0 Å². The third kappa shape index (κ3) is 2.60. The van der Waals surface area contributed by atoms with E-state index in [1.54, 1.807) is 0 Å². The molecule has 5 saturated carbocycles. The van der Waals surface area contributed by atoms with Gasteiger partial charge in [-0.05, 0) is 81.1 Å². The van der Waals surface area contributed by atoms with Gasteiger partial charge in [0.1, 0.15) is 0 Å². The molecule has 5 aliphatic rings. The van der Waals surface area contributed by atoms with Crippen LogP contribution >= 0.6 is 0 Å². The molecule has 4 bridgehead atoms. The minimum absolute atomic E-state index is 0.158. The number of carbonyl (C=O) groups excluding carboxylic acids is 1. The summed E-state index contributed by atoms with van der Waals surface area (Å²) < 4.78 is 0. The molecule has 0 unspecified atom stereocenters. The first-order chi connectivity index (χ1) is 10.8. The Kier molecular flexibility index (Phi) is 3.73. The van der Waals surface area contributed by atoms with Gasteiger partial charge in [0.25, 0.3) is 5.91 Å². The lowest BCUT2D eigenvalue weighted by Gasteiger charge is -2.58. The van der Waals surface area contributed by atoms with Gasteiger partial charge in [0, 0.05) is 0 Å². The lowest BCUT2D eigenvalue weighted by Crippen LogP contribution is -2.61. The van der Waals surface area contributed by atoms with Crippen LogP contribution in [0.2, 0.25) is 19.6 Å². The number of hydrogen-bond donors (Lipinski definition) is 1. The fraction of sp³-hybridized carbons (Fsp3) is 0.684. The average Bonchev–Trinajstić information content (AvgIpc) is 2.93. The summed E-state index contributed by atoms with van der Waals surface area (Å²) in [7, 11) is -1.58. The molecule has 1 N–H and O–H groups in total. The van der Waals surface area contributed by atoms with Crippen LogP contribution in [0.15, 0.2) is 0 Å². The Morgan fingerprint density at radius 3 is 2.09 bits per heavy atom. The maximum Gasteiger partial charge on any atom is 0.254 e. The molecule has 0 saturated heterocycles. The van der Waals surface area contributed by atoms with Gasteiger partial charge >= 0.3 is 0 Å². The maximum atomic E-state index is 13.1. The Morgan fingerprint density at radius 1 is 1.09 bits per heavy atom. The number of hydroxylamine groups is 2. The molecule has 0 aromatic rings. The molecule has 0 atom stereocenters. The highest BCUT2D eigenvalue weighted by molar-refractivity contribution is 6.83. The van der Waals surface area contributed by atoms with Crippen molar-refractivity contribution in [2.75, 3.05) is 0 Å². The topological polar surface area (TPSA) is 40.5 Å². The first-order valence-corrected chi connectivity index (χ1v) is 12.6. The van der Waals surface area contributed by atoms with Crippen molar-refractivity contribution < 1.29 is 10.0 Å². The molecule has 0 aromatic carbocycles. The molecule has 0 aromatic heterocycles. The minimum atomic E-state index is -1.58. The van der Waals surface area contributed by atoms with Crippen LogP contribution in [0.25, 0.3) is 0 Å². The van der Waals surface area contributed by atoms with Crippen LogP contribution in [0.3, 0.4) is 0 Å². The highest BCUT2D eigenvalue weighted by Crippen LogP contribution is 2.58. The zero-order valence-electron chi connectivity index (χ0n) is 14.5. The zero-order valence-corrected chi connectivity index (χ0v) is 15.5. The molecule has 4 heteroatoms. The highest BCUT2D eigenvalue weighted by atomic mass is 28.3. The third-order valence-electron chi connectivity index (χ3n) is 6.50. The van der Waals surface area contributed by atoms with Crippen LogP contribution in [0.4, 0.5) is 0 Å². The van der Waals surface area contributed by atoms with Gasteiger partial charge in [-0.2, -0.15) is 0 Å². The molecule has 0 spiro atoms. The van der Waals surface area contributed by atoms with Crippen LogP contribution in [0.5, 0.6) is 0 Å². The van der Waals surface area contributed by atoms with Gasteiger partial charge in [0.2, 0.25) is 0 Å². The van der Waals surface area contributed by atoms with Gasteiger partial charge in [-0.1, -0.05) is 19.6 Å². The lowest BCUT2D eigenvalue weighted by atomic mass is 9.53. The van der Waals surface area contributed by atoms with Crippen molar-refractivity contribution in [3.05, 3.63) is 30.7 Å². The van der Waals surface area contributed by atoms with Crippen molar-refractivity contribution in [3.8, 4) is 0 Å². The van der Waals surface area contributed by atoms with E-state index in [1.807, 2.05) is 12.8 Å². The molecule has 0 heterocycles. The predicted octanol–water partition coefficient (Wildman–Crippen LogP) is 3.83. The summed E-state index contributed by atoms with van der Waals surface area (Å²) in [6.45, 7) is 6.77. The second kappa shape index (κ2) is 5.32. The Bertz CT molecular complexity index is 463. The van der Waals surface area contributed by atoms with E-state index in [1.165, 1.54) is 29.9 Å². The molecule has 3 nitrogen and oxygen atoms in total. The van der Waals surface area contributed by atoms with Crippen LogP contribution in [-0.4, -0.2) is 29.8 Å². The quantitative estimate of drug-likeness (QED) is 0.485. The fourth-order valence-corrected chi connectivity index (χ4v) is 7.51. The Hall–Kier alpha value is -0.353. The SMILES string of the molecule is C[Si](C)(C)[C]1[CH][CH][CH][C]1C(=O)N(O)C12CC3CC(CC(C3)C1)C2. The van der Waals surface area contributed by atoms with Crippen molar-refractivity contribution in [1.29, 1.82) is 0 Å². The summed E-state index contributed by atoms with van der Waals surface area (Å²) in [6.07, 6.45) is 12.9. The summed E-state index contributed by atoms with van der Waals surface area (Å²) in [4.78, 5) is 13.1. The second-order valence-electron chi connectivity index (χ2n) is 9.36. The van der Waals surface area contributed by atoms with Crippen LogP contribution in [0.1, 0.15) is 38.5 Å². The van der Waals surface area contributed by atoms with E-state index in [-0.39, 0.29) is 11.4 Å². The summed E-state index contributed by atoms with van der Waals surface area (Å²) in [6, 6.07) is 0. The molecule has 5 rings (SSSR count). The number of nitrogens with zero attached hydrogens (tertiary/aromatic N) is 1. The van der Waals surface area contributed by atoms with E-state index in [9.17, 15) is 10.0 Å². The summed E-state index contributed by atoms with van der Waals surface area (Å²) in [5.41, 5.74) is 0.895. The third-order valence-corrected chi connectivity index (χ3v) is 8.55. The first-order valence-electron chi connectivity index (χ1n) is 9.08. The van der Waals surface area contributed by atoms with Crippen molar-refractivity contribution in [2.24, 2.45) is 17.8 Å². The number of amides is 1. The Labute approximate surface area is 141 Å². The molecule has 1 amide bonds. The molecular weight excluding hydrogens is 302 g/mol. The van der Waals surface area contributed by atoms with Gasteiger partial charge in [0.05, 0.1) is 19.5 Å². The molecular formula is C19H28NO2Si. The standard InChI is InChI=1S/C19H28NO2Si/c1-23(2,3)17-6-4-5-16(17)18(21)20(22)19-10-13-7-14(11-19)9-15(8-13)12-19/h4-6,13-15,22H,7-12H2,1-3H3. The monoisotopic (exact) mass is 330 g/mol. The summed E-state index contributed by atoms with van der Waals surface area (Å²) in [5.74, 6) is 2.75. The number of carbonyl (C=O) groups is 1. The van der Waals surface area contributed by atoms with Crippen molar-refractivity contribution in [2.45, 2.75) is 63.7 Å². The van der Waals surface area contributed by atoms with Gasteiger partial charge in [-0.25, -0.2) is 5.06 Å². The van der Waals surface area contributed by atoms with Crippen LogP contribution in [-0.2, 0) is 4.79 Å². The van der Waals surface area contributed by atoms with Gasteiger partial charge in [-0.3, -0.25) is 10.0 Å². The first kappa shape index (κ1) is 16.1. The zero-order chi connectivity index (χ0) is 16.4. The Balaban J connectivity index is 1.55. The number of rotatable bonds is 3. The average molecular weight is 331 g/mol. The van der Waals surface area contributed by atoms with Gasteiger partial charge in [-0.15, -0.1) is 0 Å². The maximum absolute atomic E-state index is 13.1. The van der Waals surface area contributed by atoms with Crippen molar-refractivity contribution >= 4 is 14.0 Å². The van der Waals surface area contributed by atoms with Gasteiger partial charge < -0.3 is 0 Å². The summed E-state index contributed by atoms with van der Waals surface area (Å²) in [5, 5.41) is 12.1. The second-order valence-corrected chi connectivity index (χ2v) is 14.4. The van der Waals surface area contributed by atoms with Crippen molar-refractivity contribution in [3.63, 3.8) is 0 Å². The highest BCUT2D eigenvalue weighted by Gasteiger charge is 2.56. The van der Waals surface area contributed by atoms with E-state index in [0.717, 1.165) is 42.9 Å². The van der Waals surface area contributed by atoms with Crippen LogP contribution < -0.4 is 0 Å². The molecule has 5 radical (unpaired) electrons. The molecule has 0 aliphatic heterocycles. The largest absolute Gasteiger partial charge is 0.285 e. The van der Waals surface area contributed by atoms with E-state index < -0.39 is 8.07 Å². The van der Waals surface area contributed by atoms with Crippen molar-refractivity contribution in [1.82, 2.24) is 5.06 Å². The molecule has 125 valence electrons. The number of hydrogen-bond acceptors (Lipinski definition) is 2. The van der Waals surface area contributed by atoms with E-state index in [2.05, 4.69) is 26.1 Å². The van der Waals surface area contributed by atoms with Crippen LogP contribution in [0, 0.1) is 48.5 Å². The minimum Gasteiger partial charge on any atom is -0.285 e. The lowest BCUT2D eigenvalue weighted by molar-refractivity contribution is -0.223. The smallest absolute Gasteiger partial charge is 0.254 e. The summed E-state index contributed by atoms with van der Waals surface area (Å²) >= 11 is 0. The normalized spacial score (nSPS) is 40.8. The molecule has 23 heavy (non-hydrogen) atoms.